The Morgan fingerprint density at radius 2 is 1.82 bits per heavy atom. The van der Waals surface area contributed by atoms with Crippen LogP contribution in [0.4, 0.5) is 0 Å². The van der Waals surface area contributed by atoms with Gasteiger partial charge in [-0.3, -0.25) is 4.79 Å². The van der Waals surface area contributed by atoms with Crippen molar-refractivity contribution in [2.75, 3.05) is 12.4 Å². The van der Waals surface area contributed by atoms with Crippen LogP contribution in [0, 0.1) is 20.8 Å². The lowest BCUT2D eigenvalue weighted by Crippen LogP contribution is -2.08. The van der Waals surface area contributed by atoms with Gasteiger partial charge in [0.05, 0.1) is 0 Å². The number of esters is 1. The van der Waals surface area contributed by atoms with Gasteiger partial charge in [-0.1, -0.05) is 12.1 Å². The van der Waals surface area contributed by atoms with Gasteiger partial charge in [0, 0.05) is 12.2 Å². The van der Waals surface area contributed by atoms with Gasteiger partial charge in [-0.05, 0) is 49.4 Å². The van der Waals surface area contributed by atoms with Crippen LogP contribution in [0.15, 0.2) is 12.1 Å². The highest BCUT2D eigenvalue weighted by Gasteiger charge is 2.05. The molecule has 0 aliphatic heterocycles. The minimum atomic E-state index is -0.144. The van der Waals surface area contributed by atoms with Crippen LogP contribution < -0.4 is 0 Å². The SMILES string of the molecule is Cc1cc(CCC(=O)OCCS)cc(C)c1C. The third-order valence-electron chi connectivity index (χ3n) is 2.96. The molecular weight excluding hydrogens is 232 g/mol. The zero-order chi connectivity index (χ0) is 12.8. The molecule has 0 saturated carbocycles. The summed E-state index contributed by atoms with van der Waals surface area (Å²) >= 11 is 3.99. The van der Waals surface area contributed by atoms with Crippen LogP contribution in [0.2, 0.25) is 0 Å². The van der Waals surface area contributed by atoms with Gasteiger partial charge in [0.2, 0.25) is 0 Å². The first-order chi connectivity index (χ1) is 8.04. The number of carbonyl (C=O) groups is 1. The molecule has 1 rings (SSSR count). The second-order valence-corrected chi connectivity index (χ2v) is 4.75. The largest absolute Gasteiger partial charge is 0.465 e. The van der Waals surface area contributed by atoms with Gasteiger partial charge in [-0.2, -0.15) is 12.6 Å². The Morgan fingerprint density at radius 3 is 2.35 bits per heavy atom. The summed E-state index contributed by atoms with van der Waals surface area (Å²) in [5.74, 6) is 0.434. The fourth-order valence-corrected chi connectivity index (χ4v) is 1.84. The van der Waals surface area contributed by atoms with Gasteiger partial charge >= 0.3 is 5.97 Å². The van der Waals surface area contributed by atoms with Gasteiger partial charge < -0.3 is 4.74 Å². The molecule has 0 amide bonds. The van der Waals surface area contributed by atoms with Gasteiger partial charge in [0.15, 0.2) is 0 Å². The number of aryl methyl sites for hydroxylation is 3. The second kappa shape index (κ2) is 6.70. The Bertz CT molecular complexity index is 376. The standard InChI is InChI=1S/C14H20O2S/c1-10-8-13(9-11(2)12(10)3)4-5-14(15)16-6-7-17/h8-9,17H,4-7H2,1-3H3. The molecule has 0 bridgehead atoms. The first kappa shape index (κ1) is 14.1. The Hall–Kier alpha value is -0.960. The molecule has 0 radical (unpaired) electrons. The minimum Gasteiger partial charge on any atom is -0.465 e. The summed E-state index contributed by atoms with van der Waals surface area (Å²) in [5, 5.41) is 0. The average molecular weight is 252 g/mol. The highest BCUT2D eigenvalue weighted by Crippen LogP contribution is 2.16. The van der Waals surface area contributed by atoms with Gasteiger partial charge in [-0.25, -0.2) is 0 Å². The summed E-state index contributed by atoms with van der Waals surface area (Å²) in [6.07, 6.45) is 1.18. The Balaban J connectivity index is 2.55. The van der Waals surface area contributed by atoms with Gasteiger partial charge in [-0.15, -0.1) is 0 Å². The van der Waals surface area contributed by atoms with E-state index in [1.54, 1.807) is 0 Å². The van der Waals surface area contributed by atoms with E-state index in [1.165, 1.54) is 22.3 Å². The third-order valence-corrected chi connectivity index (χ3v) is 3.14. The zero-order valence-corrected chi connectivity index (χ0v) is 11.6. The average Bonchev–Trinajstić information content (AvgIpc) is 2.30. The maximum Gasteiger partial charge on any atom is 0.306 e. The third kappa shape index (κ3) is 4.43. The van der Waals surface area contributed by atoms with Crippen molar-refractivity contribution in [2.24, 2.45) is 0 Å². The van der Waals surface area contributed by atoms with Gasteiger partial charge in [0.25, 0.3) is 0 Å². The topological polar surface area (TPSA) is 26.3 Å². The quantitative estimate of drug-likeness (QED) is 0.644. The number of carbonyl (C=O) groups excluding carboxylic acids is 1. The van der Waals surface area contributed by atoms with Crippen LogP contribution in [0.25, 0.3) is 0 Å². The van der Waals surface area contributed by atoms with Crippen molar-refractivity contribution in [3.63, 3.8) is 0 Å². The smallest absolute Gasteiger partial charge is 0.306 e. The van der Waals surface area contributed by atoms with Crippen molar-refractivity contribution in [1.29, 1.82) is 0 Å². The van der Waals surface area contributed by atoms with E-state index in [-0.39, 0.29) is 5.97 Å². The van der Waals surface area contributed by atoms with Crippen LogP contribution in [0.5, 0.6) is 0 Å². The molecule has 0 unspecified atom stereocenters. The first-order valence-electron chi connectivity index (χ1n) is 5.87. The monoisotopic (exact) mass is 252 g/mol. The van der Waals surface area contributed by atoms with Crippen molar-refractivity contribution >= 4 is 18.6 Å². The van der Waals surface area contributed by atoms with Crippen molar-refractivity contribution in [1.82, 2.24) is 0 Å². The Labute approximate surface area is 109 Å². The molecule has 0 saturated heterocycles. The molecular formula is C14H20O2S. The van der Waals surface area contributed by atoms with E-state index >= 15 is 0 Å². The zero-order valence-electron chi connectivity index (χ0n) is 10.7. The van der Waals surface area contributed by atoms with Crippen molar-refractivity contribution in [3.8, 4) is 0 Å². The van der Waals surface area contributed by atoms with E-state index in [0.717, 1.165) is 6.42 Å². The molecule has 1 aromatic rings. The van der Waals surface area contributed by atoms with Crippen LogP contribution in [0.3, 0.4) is 0 Å². The Kier molecular flexibility index (Phi) is 5.56. The molecule has 1 aromatic carbocycles. The predicted molar refractivity (Wildman–Crippen MR) is 73.8 cm³/mol. The lowest BCUT2D eigenvalue weighted by molar-refractivity contribution is -0.142. The Morgan fingerprint density at radius 1 is 1.24 bits per heavy atom. The van der Waals surface area contributed by atoms with Crippen LogP contribution in [-0.2, 0) is 16.0 Å². The second-order valence-electron chi connectivity index (χ2n) is 4.30. The number of ether oxygens (including phenoxy) is 1. The summed E-state index contributed by atoms with van der Waals surface area (Å²) in [6, 6.07) is 4.29. The summed E-state index contributed by atoms with van der Waals surface area (Å²) in [5.41, 5.74) is 5.09. The maximum absolute atomic E-state index is 11.4. The fourth-order valence-electron chi connectivity index (χ4n) is 1.75. The van der Waals surface area contributed by atoms with Gasteiger partial charge in [0.1, 0.15) is 6.61 Å². The van der Waals surface area contributed by atoms with Crippen LogP contribution in [0.1, 0.15) is 28.7 Å². The molecule has 0 heterocycles. The van der Waals surface area contributed by atoms with E-state index in [1.807, 2.05) is 0 Å². The summed E-state index contributed by atoms with van der Waals surface area (Å²) < 4.78 is 4.98. The van der Waals surface area contributed by atoms with E-state index in [4.69, 9.17) is 4.74 Å². The van der Waals surface area contributed by atoms with Crippen molar-refractivity contribution in [2.45, 2.75) is 33.6 Å². The number of rotatable bonds is 5. The number of hydrogen-bond acceptors (Lipinski definition) is 3. The lowest BCUT2D eigenvalue weighted by Gasteiger charge is -2.09. The number of thiol groups is 1. The van der Waals surface area contributed by atoms with E-state index < -0.39 is 0 Å². The highest BCUT2D eigenvalue weighted by atomic mass is 32.1. The van der Waals surface area contributed by atoms with Crippen LogP contribution >= 0.6 is 12.6 Å². The van der Waals surface area contributed by atoms with Crippen molar-refractivity contribution < 1.29 is 9.53 Å². The molecule has 0 aliphatic rings. The summed E-state index contributed by atoms with van der Waals surface area (Å²) in [4.78, 5) is 11.4. The molecule has 3 heteroatoms. The molecule has 2 nitrogen and oxygen atoms in total. The lowest BCUT2D eigenvalue weighted by atomic mass is 9.98. The molecule has 0 N–H and O–H groups in total. The van der Waals surface area contributed by atoms with E-state index in [0.29, 0.717) is 18.8 Å². The fraction of sp³-hybridized carbons (Fsp3) is 0.500. The molecule has 0 aliphatic carbocycles. The van der Waals surface area contributed by atoms with E-state index in [9.17, 15) is 4.79 Å². The van der Waals surface area contributed by atoms with E-state index in [2.05, 4.69) is 45.5 Å². The molecule has 0 aromatic heterocycles. The maximum atomic E-state index is 11.4. The highest BCUT2D eigenvalue weighted by molar-refractivity contribution is 7.80. The number of hydrogen-bond donors (Lipinski definition) is 1. The molecule has 0 spiro atoms. The predicted octanol–water partition coefficient (Wildman–Crippen LogP) is 3.02. The molecule has 17 heavy (non-hydrogen) atoms. The summed E-state index contributed by atoms with van der Waals surface area (Å²) in [7, 11) is 0. The molecule has 0 fully saturated rings. The van der Waals surface area contributed by atoms with Crippen molar-refractivity contribution in [3.05, 3.63) is 34.4 Å². The molecule has 0 atom stereocenters. The first-order valence-corrected chi connectivity index (χ1v) is 6.51. The summed E-state index contributed by atoms with van der Waals surface area (Å²) in [6.45, 7) is 6.72. The normalized spacial score (nSPS) is 10.4. The minimum absolute atomic E-state index is 0.144. The molecule has 94 valence electrons. The van der Waals surface area contributed by atoms with Crippen LogP contribution in [-0.4, -0.2) is 18.3 Å². The number of benzene rings is 1.